The number of carbonyl (C=O) groups is 1. The van der Waals surface area contributed by atoms with Gasteiger partial charge in [-0.05, 0) is 36.8 Å². The third-order valence-corrected chi connectivity index (χ3v) is 3.13. The van der Waals surface area contributed by atoms with Gasteiger partial charge in [-0.2, -0.15) is 0 Å². The summed E-state index contributed by atoms with van der Waals surface area (Å²) in [6.45, 7) is 1.90. The van der Waals surface area contributed by atoms with Crippen molar-refractivity contribution in [2.75, 3.05) is 5.32 Å². The minimum absolute atomic E-state index is 0.244. The van der Waals surface area contributed by atoms with Crippen LogP contribution in [0.1, 0.15) is 15.9 Å². The van der Waals surface area contributed by atoms with Crippen LogP contribution in [-0.2, 0) is 0 Å². The van der Waals surface area contributed by atoms with Gasteiger partial charge in [-0.15, -0.1) is 0 Å². The molecule has 0 saturated heterocycles. The fourth-order valence-electron chi connectivity index (χ4n) is 1.56. The lowest BCUT2D eigenvalue weighted by Crippen LogP contribution is -2.13. The zero-order valence-corrected chi connectivity index (χ0v) is 11.2. The molecule has 1 amide bonds. The van der Waals surface area contributed by atoms with E-state index in [2.05, 4.69) is 5.32 Å². The largest absolute Gasteiger partial charge is 0.322 e. The van der Waals surface area contributed by atoms with Crippen LogP contribution in [-0.4, -0.2) is 5.91 Å². The molecule has 18 heavy (non-hydrogen) atoms. The van der Waals surface area contributed by atoms with Gasteiger partial charge in [0.25, 0.3) is 5.91 Å². The molecule has 0 spiro atoms. The molecule has 0 aromatic heterocycles. The molecule has 0 fully saturated rings. The number of nitrogens with one attached hydrogen (secondary N) is 1. The molecule has 0 unspecified atom stereocenters. The quantitative estimate of drug-likeness (QED) is 0.858. The summed E-state index contributed by atoms with van der Waals surface area (Å²) in [5, 5.41) is 3.80. The highest BCUT2D eigenvalue weighted by molar-refractivity contribution is 6.34. The summed E-state index contributed by atoms with van der Waals surface area (Å²) in [4.78, 5) is 12.1. The van der Waals surface area contributed by atoms with E-state index in [0.29, 0.717) is 21.3 Å². The van der Waals surface area contributed by atoms with E-state index in [1.54, 1.807) is 36.4 Å². The molecule has 4 heteroatoms. The highest BCUT2D eigenvalue weighted by Gasteiger charge is 2.10. The van der Waals surface area contributed by atoms with Crippen molar-refractivity contribution in [3.63, 3.8) is 0 Å². The molecular weight excluding hydrogens is 269 g/mol. The monoisotopic (exact) mass is 279 g/mol. The number of hydrogen-bond acceptors (Lipinski definition) is 1. The molecule has 2 rings (SSSR count). The Kier molecular flexibility index (Phi) is 3.90. The van der Waals surface area contributed by atoms with Crippen LogP contribution in [0.15, 0.2) is 42.5 Å². The van der Waals surface area contributed by atoms with Crippen LogP contribution in [0.5, 0.6) is 0 Å². The number of hydrogen-bond donors (Lipinski definition) is 1. The summed E-state index contributed by atoms with van der Waals surface area (Å²) < 4.78 is 0. The standard InChI is InChI=1S/C14H11Cl2NO/c1-9-6-7-10(15)8-13(9)17-14(18)11-4-2-3-5-12(11)16/h2-8H,1H3,(H,17,18). The van der Waals surface area contributed by atoms with Crippen LogP contribution in [0.3, 0.4) is 0 Å². The molecule has 2 nitrogen and oxygen atoms in total. The summed E-state index contributed by atoms with van der Waals surface area (Å²) in [7, 11) is 0. The minimum atomic E-state index is -0.244. The Hall–Kier alpha value is -1.51. The van der Waals surface area contributed by atoms with Crippen molar-refractivity contribution in [3.05, 3.63) is 63.6 Å². The van der Waals surface area contributed by atoms with Crippen LogP contribution in [0.4, 0.5) is 5.69 Å². The van der Waals surface area contributed by atoms with Crippen LogP contribution in [0, 0.1) is 6.92 Å². The van der Waals surface area contributed by atoms with Crippen LogP contribution in [0.2, 0.25) is 10.0 Å². The molecule has 2 aromatic rings. The van der Waals surface area contributed by atoms with Gasteiger partial charge in [0.2, 0.25) is 0 Å². The zero-order chi connectivity index (χ0) is 13.1. The van der Waals surface area contributed by atoms with Crippen molar-refractivity contribution in [3.8, 4) is 0 Å². The van der Waals surface area contributed by atoms with E-state index < -0.39 is 0 Å². The lowest BCUT2D eigenvalue weighted by molar-refractivity contribution is 0.102. The highest BCUT2D eigenvalue weighted by atomic mass is 35.5. The summed E-state index contributed by atoms with van der Waals surface area (Å²) in [6.07, 6.45) is 0. The van der Waals surface area contributed by atoms with E-state index >= 15 is 0 Å². The van der Waals surface area contributed by atoms with E-state index in [-0.39, 0.29) is 5.91 Å². The first-order valence-electron chi connectivity index (χ1n) is 5.40. The summed E-state index contributed by atoms with van der Waals surface area (Å²) >= 11 is 11.9. The molecule has 0 aliphatic heterocycles. The topological polar surface area (TPSA) is 29.1 Å². The smallest absolute Gasteiger partial charge is 0.257 e. The van der Waals surface area contributed by atoms with Gasteiger partial charge in [-0.1, -0.05) is 41.4 Å². The maximum Gasteiger partial charge on any atom is 0.257 e. The molecule has 0 saturated carbocycles. The Bertz CT molecular complexity index is 596. The normalized spacial score (nSPS) is 10.2. The molecule has 92 valence electrons. The molecule has 1 N–H and O–H groups in total. The van der Waals surface area contributed by atoms with Crippen LogP contribution < -0.4 is 5.32 Å². The Morgan fingerprint density at radius 1 is 1.11 bits per heavy atom. The van der Waals surface area contributed by atoms with E-state index in [1.165, 1.54) is 0 Å². The zero-order valence-electron chi connectivity index (χ0n) is 9.71. The number of anilines is 1. The van der Waals surface area contributed by atoms with Gasteiger partial charge < -0.3 is 5.32 Å². The van der Waals surface area contributed by atoms with Gasteiger partial charge in [0.15, 0.2) is 0 Å². The average Bonchev–Trinajstić information content (AvgIpc) is 2.34. The number of carbonyl (C=O) groups excluding carboxylic acids is 1. The van der Waals surface area contributed by atoms with Crippen molar-refractivity contribution >= 4 is 34.8 Å². The second kappa shape index (κ2) is 5.42. The summed E-state index contributed by atoms with van der Waals surface area (Å²) in [5.41, 5.74) is 2.07. The third-order valence-electron chi connectivity index (χ3n) is 2.57. The van der Waals surface area contributed by atoms with Crippen molar-refractivity contribution in [1.82, 2.24) is 0 Å². The SMILES string of the molecule is Cc1ccc(Cl)cc1NC(=O)c1ccccc1Cl. The Balaban J connectivity index is 2.27. The Labute approximate surface area is 116 Å². The molecule has 0 bridgehead atoms. The lowest BCUT2D eigenvalue weighted by atomic mass is 10.1. The maximum absolute atomic E-state index is 12.1. The lowest BCUT2D eigenvalue weighted by Gasteiger charge is -2.09. The predicted octanol–water partition coefficient (Wildman–Crippen LogP) is 4.55. The molecule has 0 radical (unpaired) electrons. The third kappa shape index (κ3) is 2.84. The van der Waals surface area contributed by atoms with Crippen molar-refractivity contribution in [2.24, 2.45) is 0 Å². The van der Waals surface area contributed by atoms with Crippen LogP contribution >= 0.6 is 23.2 Å². The van der Waals surface area contributed by atoms with Gasteiger partial charge in [-0.3, -0.25) is 4.79 Å². The van der Waals surface area contributed by atoms with Crippen molar-refractivity contribution < 1.29 is 4.79 Å². The Morgan fingerprint density at radius 2 is 1.83 bits per heavy atom. The summed E-state index contributed by atoms with van der Waals surface area (Å²) in [6, 6.07) is 12.3. The van der Waals surface area contributed by atoms with Gasteiger partial charge >= 0.3 is 0 Å². The number of rotatable bonds is 2. The fourth-order valence-corrected chi connectivity index (χ4v) is 1.96. The molecule has 0 aliphatic rings. The predicted molar refractivity (Wildman–Crippen MR) is 75.6 cm³/mol. The van der Waals surface area contributed by atoms with E-state index in [1.807, 2.05) is 13.0 Å². The van der Waals surface area contributed by atoms with E-state index in [0.717, 1.165) is 5.56 Å². The van der Waals surface area contributed by atoms with Gasteiger partial charge in [0.1, 0.15) is 0 Å². The first kappa shape index (κ1) is 12.9. The second-order valence-corrected chi connectivity index (χ2v) is 4.74. The minimum Gasteiger partial charge on any atom is -0.322 e. The van der Waals surface area contributed by atoms with Crippen molar-refractivity contribution in [2.45, 2.75) is 6.92 Å². The van der Waals surface area contributed by atoms with E-state index in [9.17, 15) is 4.79 Å². The molecule has 0 aliphatic carbocycles. The number of aryl methyl sites for hydroxylation is 1. The fraction of sp³-hybridized carbons (Fsp3) is 0.0714. The number of benzene rings is 2. The molecule has 0 atom stereocenters. The first-order chi connectivity index (χ1) is 8.58. The van der Waals surface area contributed by atoms with Gasteiger partial charge in [0, 0.05) is 10.7 Å². The van der Waals surface area contributed by atoms with Gasteiger partial charge in [0.05, 0.1) is 10.6 Å². The average molecular weight is 280 g/mol. The first-order valence-corrected chi connectivity index (χ1v) is 6.15. The molecular formula is C14H11Cl2NO. The van der Waals surface area contributed by atoms with Gasteiger partial charge in [-0.25, -0.2) is 0 Å². The summed E-state index contributed by atoms with van der Waals surface area (Å²) in [5.74, 6) is -0.244. The van der Waals surface area contributed by atoms with Crippen LogP contribution in [0.25, 0.3) is 0 Å². The molecule has 0 heterocycles. The van der Waals surface area contributed by atoms with Crippen molar-refractivity contribution in [1.29, 1.82) is 0 Å². The second-order valence-electron chi connectivity index (χ2n) is 3.89. The highest BCUT2D eigenvalue weighted by Crippen LogP contribution is 2.22. The maximum atomic E-state index is 12.1. The van der Waals surface area contributed by atoms with E-state index in [4.69, 9.17) is 23.2 Å². The molecule has 2 aromatic carbocycles. The number of amides is 1. The Morgan fingerprint density at radius 3 is 2.56 bits per heavy atom. The number of halogens is 2.